The molecule has 4 nitrogen and oxygen atoms in total. The van der Waals surface area contributed by atoms with Gasteiger partial charge in [-0.3, -0.25) is 0 Å². The number of rotatable bonds is 8. The predicted molar refractivity (Wildman–Crippen MR) is 88.0 cm³/mol. The molecule has 0 spiro atoms. The van der Waals surface area contributed by atoms with Crippen molar-refractivity contribution in [2.24, 2.45) is 0 Å². The summed E-state index contributed by atoms with van der Waals surface area (Å²) in [5.41, 5.74) is 2.29. The van der Waals surface area contributed by atoms with E-state index in [9.17, 15) is 0 Å². The van der Waals surface area contributed by atoms with Gasteiger partial charge in [-0.05, 0) is 42.8 Å². The molecule has 118 valence electrons. The summed E-state index contributed by atoms with van der Waals surface area (Å²) >= 11 is 0. The van der Waals surface area contributed by atoms with Crippen LogP contribution in [-0.2, 0) is 13.0 Å². The molecule has 0 unspecified atom stereocenters. The minimum atomic E-state index is 0.732. The number of hydrogen-bond acceptors (Lipinski definition) is 4. The maximum atomic E-state index is 5.38. The molecule has 0 fully saturated rings. The van der Waals surface area contributed by atoms with Crippen LogP contribution >= 0.6 is 0 Å². The van der Waals surface area contributed by atoms with Crippen molar-refractivity contribution in [3.63, 3.8) is 0 Å². The van der Waals surface area contributed by atoms with Crippen molar-refractivity contribution in [2.75, 3.05) is 27.9 Å². The molecule has 2 rings (SSSR count). The molecule has 2 aromatic carbocycles. The summed E-state index contributed by atoms with van der Waals surface area (Å²) in [6.45, 7) is 1.59. The van der Waals surface area contributed by atoms with Crippen molar-refractivity contribution < 1.29 is 14.2 Å². The molecule has 0 aliphatic heterocycles. The fourth-order valence-corrected chi connectivity index (χ4v) is 2.38. The summed E-state index contributed by atoms with van der Waals surface area (Å²) in [6.07, 6.45) is 0.913. The molecule has 0 saturated heterocycles. The Hall–Kier alpha value is -2.20. The number of nitrogens with one attached hydrogen (secondary N) is 1. The zero-order valence-corrected chi connectivity index (χ0v) is 13.4. The van der Waals surface area contributed by atoms with Gasteiger partial charge < -0.3 is 19.5 Å². The zero-order valence-electron chi connectivity index (χ0n) is 13.4. The van der Waals surface area contributed by atoms with E-state index in [4.69, 9.17) is 14.2 Å². The lowest BCUT2D eigenvalue weighted by molar-refractivity contribution is 0.397. The van der Waals surface area contributed by atoms with Crippen molar-refractivity contribution in [1.82, 2.24) is 5.32 Å². The van der Waals surface area contributed by atoms with E-state index in [2.05, 4.69) is 11.4 Å². The third-order valence-electron chi connectivity index (χ3n) is 3.57. The molecule has 4 heteroatoms. The van der Waals surface area contributed by atoms with Gasteiger partial charge in [0, 0.05) is 12.1 Å². The Morgan fingerprint density at radius 2 is 1.55 bits per heavy atom. The van der Waals surface area contributed by atoms with Gasteiger partial charge in [0.25, 0.3) is 0 Å². The first-order chi connectivity index (χ1) is 10.8. The highest BCUT2D eigenvalue weighted by Crippen LogP contribution is 2.23. The van der Waals surface area contributed by atoms with Crippen LogP contribution in [0.15, 0.2) is 42.5 Å². The quantitative estimate of drug-likeness (QED) is 0.761. The normalized spacial score (nSPS) is 10.3. The smallest absolute Gasteiger partial charge is 0.123 e. The van der Waals surface area contributed by atoms with Gasteiger partial charge in [0.2, 0.25) is 0 Å². The fraction of sp³-hybridized carbons (Fsp3) is 0.333. The van der Waals surface area contributed by atoms with Gasteiger partial charge in [0.05, 0.1) is 21.3 Å². The number of hydrogen-bond donors (Lipinski definition) is 1. The highest BCUT2D eigenvalue weighted by molar-refractivity contribution is 5.40. The third-order valence-corrected chi connectivity index (χ3v) is 3.57. The van der Waals surface area contributed by atoms with Crippen LogP contribution in [0.25, 0.3) is 0 Å². The Bertz CT molecular complexity index is 599. The average molecular weight is 301 g/mol. The van der Waals surface area contributed by atoms with Gasteiger partial charge in [-0.25, -0.2) is 0 Å². The SMILES string of the molecule is COc1ccc(OC)c(CNCCc2ccccc2OC)c1. The first-order valence-corrected chi connectivity index (χ1v) is 7.32. The van der Waals surface area contributed by atoms with E-state index in [-0.39, 0.29) is 0 Å². The van der Waals surface area contributed by atoms with Gasteiger partial charge in [-0.15, -0.1) is 0 Å². The molecule has 1 N–H and O–H groups in total. The van der Waals surface area contributed by atoms with Crippen molar-refractivity contribution in [1.29, 1.82) is 0 Å². The van der Waals surface area contributed by atoms with Crippen LogP contribution in [0.2, 0.25) is 0 Å². The van der Waals surface area contributed by atoms with Crippen LogP contribution in [0.5, 0.6) is 17.2 Å². The average Bonchev–Trinajstić information content (AvgIpc) is 2.58. The Morgan fingerprint density at radius 3 is 2.27 bits per heavy atom. The van der Waals surface area contributed by atoms with Gasteiger partial charge in [-0.2, -0.15) is 0 Å². The van der Waals surface area contributed by atoms with E-state index in [0.717, 1.165) is 42.3 Å². The summed E-state index contributed by atoms with van der Waals surface area (Å²) in [5.74, 6) is 2.64. The summed E-state index contributed by atoms with van der Waals surface area (Å²) in [5, 5.41) is 3.44. The van der Waals surface area contributed by atoms with Crippen LogP contribution in [0.1, 0.15) is 11.1 Å². The van der Waals surface area contributed by atoms with Crippen molar-refractivity contribution >= 4 is 0 Å². The molecule has 0 aromatic heterocycles. The highest BCUT2D eigenvalue weighted by atomic mass is 16.5. The maximum Gasteiger partial charge on any atom is 0.123 e. The minimum absolute atomic E-state index is 0.732. The van der Waals surface area contributed by atoms with Crippen molar-refractivity contribution in [2.45, 2.75) is 13.0 Å². The molecular weight excluding hydrogens is 278 g/mol. The number of ether oxygens (including phenoxy) is 3. The van der Waals surface area contributed by atoms with Crippen LogP contribution in [0.4, 0.5) is 0 Å². The van der Waals surface area contributed by atoms with E-state index in [1.165, 1.54) is 5.56 Å². The van der Waals surface area contributed by atoms with Crippen LogP contribution < -0.4 is 19.5 Å². The van der Waals surface area contributed by atoms with E-state index in [1.807, 2.05) is 36.4 Å². The molecule has 0 bridgehead atoms. The third kappa shape index (κ3) is 4.15. The fourth-order valence-electron chi connectivity index (χ4n) is 2.38. The monoisotopic (exact) mass is 301 g/mol. The van der Waals surface area contributed by atoms with Crippen LogP contribution in [-0.4, -0.2) is 27.9 Å². The molecule has 0 aliphatic rings. The van der Waals surface area contributed by atoms with Gasteiger partial charge in [0.15, 0.2) is 0 Å². The topological polar surface area (TPSA) is 39.7 Å². The van der Waals surface area contributed by atoms with E-state index in [1.54, 1.807) is 21.3 Å². The lowest BCUT2D eigenvalue weighted by Crippen LogP contribution is -2.17. The second kappa shape index (κ2) is 8.29. The highest BCUT2D eigenvalue weighted by Gasteiger charge is 2.05. The summed E-state index contributed by atoms with van der Waals surface area (Å²) in [4.78, 5) is 0. The minimum Gasteiger partial charge on any atom is -0.497 e. The second-order valence-corrected chi connectivity index (χ2v) is 4.92. The number of benzene rings is 2. The second-order valence-electron chi connectivity index (χ2n) is 4.92. The molecule has 0 amide bonds. The molecule has 0 heterocycles. The summed E-state index contributed by atoms with van der Waals surface area (Å²) in [6, 6.07) is 13.9. The first-order valence-electron chi connectivity index (χ1n) is 7.32. The Morgan fingerprint density at radius 1 is 0.818 bits per heavy atom. The largest absolute Gasteiger partial charge is 0.497 e. The molecule has 22 heavy (non-hydrogen) atoms. The number of methoxy groups -OCH3 is 3. The Labute approximate surface area is 132 Å². The van der Waals surface area contributed by atoms with Crippen LogP contribution in [0, 0.1) is 0 Å². The Balaban J connectivity index is 1.91. The van der Waals surface area contributed by atoms with Gasteiger partial charge >= 0.3 is 0 Å². The lowest BCUT2D eigenvalue weighted by atomic mass is 10.1. The Kier molecular flexibility index (Phi) is 6.10. The predicted octanol–water partition coefficient (Wildman–Crippen LogP) is 3.04. The van der Waals surface area contributed by atoms with Crippen LogP contribution in [0.3, 0.4) is 0 Å². The molecule has 0 radical (unpaired) electrons. The van der Waals surface area contributed by atoms with Gasteiger partial charge in [-0.1, -0.05) is 18.2 Å². The maximum absolute atomic E-state index is 5.38. The zero-order chi connectivity index (χ0) is 15.8. The van der Waals surface area contributed by atoms with E-state index < -0.39 is 0 Å². The summed E-state index contributed by atoms with van der Waals surface area (Å²) in [7, 11) is 5.05. The first kappa shape index (κ1) is 16.2. The lowest BCUT2D eigenvalue weighted by Gasteiger charge is -2.12. The van der Waals surface area contributed by atoms with Gasteiger partial charge in [0.1, 0.15) is 17.2 Å². The molecule has 2 aromatic rings. The van der Waals surface area contributed by atoms with Crippen molar-refractivity contribution in [3.05, 3.63) is 53.6 Å². The molecule has 0 saturated carbocycles. The van der Waals surface area contributed by atoms with Crippen molar-refractivity contribution in [3.8, 4) is 17.2 Å². The van der Waals surface area contributed by atoms with E-state index >= 15 is 0 Å². The molecule has 0 atom stereocenters. The van der Waals surface area contributed by atoms with E-state index in [0.29, 0.717) is 0 Å². The standard InChI is InChI=1S/C18H23NO3/c1-20-16-8-9-18(22-3)15(12-16)13-19-11-10-14-6-4-5-7-17(14)21-2/h4-9,12,19H,10-11,13H2,1-3H3. The molecule has 0 aliphatic carbocycles. The molecular formula is C18H23NO3. The number of para-hydroxylation sites is 1. The summed E-state index contributed by atoms with van der Waals surface area (Å²) < 4.78 is 16.0.